The van der Waals surface area contributed by atoms with Crippen LogP contribution >= 0.6 is 0 Å². The Morgan fingerprint density at radius 3 is 2.39 bits per heavy atom. The smallest absolute Gasteiger partial charge is 0.318 e. The van der Waals surface area contributed by atoms with Gasteiger partial charge in [0.1, 0.15) is 12.1 Å². The zero-order valence-corrected chi connectivity index (χ0v) is 18.9. The van der Waals surface area contributed by atoms with Crippen LogP contribution in [0.3, 0.4) is 0 Å². The molecule has 2 unspecified atom stereocenters. The average molecular weight is 456 g/mol. The molecule has 5 amide bonds. The van der Waals surface area contributed by atoms with E-state index < -0.39 is 18.0 Å². The molecule has 1 aromatic carbocycles. The Morgan fingerprint density at radius 1 is 0.909 bits per heavy atom. The maximum Gasteiger partial charge on any atom is 0.318 e. The van der Waals surface area contributed by atoms with Crippen molar-refractivity contribution in [3.05, 3.63) is 35.9 Å². The summed E-state index contributed by atoms with van der Waals surface area (Å²) in [4.78, 5) is 54.7. The molecule has 0 radical (unpaired) electrons. The Hall–Kier alpha value is -3.10. The van der Waals surface area contributed by atoms with Gasteiger partial charge in [0.05, 0.1) is 6.54 Å². The minimum absolute atomic E-state index is 0.0893. The Balaban J connectivity index is 1.48. The lowest BCUT2D eigenvalue weighted by molar-refractivity contribution is -0.133. The molecule has 0 bridgehead atoms. The summed E-state index contributed by atoms with van der Waals surface area (Å²) in [5.74, 6) is -0.779. The summed E-state index contributed by atoms with van der Waals surface area (Å²) >= 11 is 0. The molecule has 0 aromatic heterocycles. The molecule has 4 rings (SSSR count). The molecule has 9 nitrogen and oxygen atoms in total. The lowest BCUT2D eigenvalue weighted by Gasteiger charge is -2.41. The summed E-state index contributed by atoms with van der Waals surface area (Å²) in [6.07, 6.45) is 6.59. The van der Waals surface area contributed by atoms with Gasteiger partial charge in [-0.15, -0.1) is 0 Å². The molecule has 9 heteroatoms. The first-order valence-corrected chi connectivity index (χ1v) is 12.0. The quantitative estimate of drug-likeness (QED) is 0.635. The molecular weight excluding hydrogens is 422 g/mol. The summed E-state index contributed by atoms with van der Waals surface area (Å²) in [5, 5.41) is 8.67. The Labute approximate surface area is 194 Å². The van der Waals surface area contributed by atoms with E-state index in [-0.39, 0.29) is 37.0 Å². The second kappa shape index (κ2) is 10.7. The molecule has 0 spiro atoms. The normalized spacial score (nSPS) is 24.1. The van der Waals surface area contributed by atoms with Crippen LogP contribution in [0.25, 0.3) is 0 Å². The third kappa shape index (κ3) is 5.64. The van der Waals surface area contributed by atoms with Gasteiger partial charge in [0, 0.05) is 31.2 Å². The molecule has 2 saturated heterocycles. The van der Waals surface area contributed by atoms with Gasteiger partial charge in [0.15, 0.2) is 0 Å². The monoisotopic (exact) mass is 455 g/mol. The van der Waals surface area contributed by atoms with E-state index in [1.807, 2.05) is 6.07 Å². The second-order valence-electron chi connectivity index (χ2n) is 9.11. The number of hydrogen-bond acceptors (Lipinski definition) is 4. The second-order valence-corrected chi connectivity index (χ2v) is 9.11. The number of benzene rings is 1. The molecule has 2 heterocycles. The first-order chi connectivity index (χ1) is 16.0. The zero-order valence-electron chi connectivity index (χ0n) is 18.9. The van der Waals surface area contributed by atoms with Gasteiger partial charge in [-0.2, -0.15) is 0 Å². The number of amides is 5. The fraction of sp³-hybridized carbons (Fsp3) is 0.583. The Kier molecular flexibility index (Phi) is 7.47. The van der Waals surface area contributed by atoms with E-state index in [0.717, 1.165) is 32.1 Å². The van der Waals surface area contributed by atoms with Crippen LogP contribution in [0.1, 0.15) is 55.3 Å². The van der Waals surface area contributed by atoms with Crippen LogP contribution in [0.15, 0.2) is 30.3 Å². The number of urea groups is 1. The van der Waals surface area contributed by atoms with Crippen molar-refractivity contribution in [3.63, 3.8) is 0 Å². The SMILES string of the molecule is O=C1NCCCC1NC(=O)C1CN(C(=O)c2ccccc2)CCN1C(=O)NC1CCCCC1. The minimum Gasteiger partial charge on any atom is -0.354 e. The number of piperidine rings is 1. The summed E-state index contributed by atoms with van der Waals surface area (Å²) in [7, 11) is 0. The number of nitrogens with zero attached hydrogens (tertiary/aromatic N) is 2. The maximum absolute atomic E-state index is 13.3. The summed E-state index contributed by atoms with van der Waals surface area (Å²) in [6, 6.07) is 7.29. The topological polar surface area (TPSA) is 111 Å². The number of piperazine rings is 1. The number of hydrogen-bond donors (Lipinski definition) is 3. The third-order valence-electron chi connectivity index (χ3n) is 6.79. The third-order valence-corrected chi connectivity index (χ3v) is 6.79. The van der Waals surface area contributed by atoms with Crippen LogP contribution in [0.2, 0.25) is 0 Å². The molecule has 2 atom stereocenters. The standard InChI is InChI=1S/C24H33N5O4/c30-21-19(12-7-13-25-21)27-22(31)20-16-28(23(32)17-8-3-1-4-9-17)14-15-29(20)24(33)26-18-10-5-2-6-11-18/h1,3-4,8-9,18-20H,2,5-7,10-16H2,(H,25,30)(H,26,33)(H,27,31). The van der Waals surface area contributed by atoms with Gasteiger partial charge in [-0.1, -0.05) is 37.5 Å². The number of rotatable bonds is 4. The highest BCUT2D eigenvalue weighted by molar-refractivity contribution is 5.96. The predicted octanol–water partition coefficient (Wildman–Crippen LogP) is 1.25. The summed E-state index contributed by atoms with van der Waals surface area (Å²) in [5.41, 5.74) is 0.545. The lowest BCUT2D eigenvalue weighted by Crippen LogP contribution is -2.65. The Morgan fingerprint density at radius 2 is 1.67 bits per heavy atom. The average Bonchev–Trinajstić information content (AvgIpc) is 2.85. The fourth-order valence-electron chi connectivity index (χ4n) is 4.88. The lowest BCUT2D eigenvalue weighted by atomic mass is 9.95. The van der Waals surface area contributed by atoms with Crippen molar-refractivity contribution in [3.8, 4) is 0 Å². The van der Waals surface area contributed by atoms with Gasteiger partial charge in [-0.05, 0) is 37.8 Å². The van der Waals surface area contributed by atoms with Crippen LogP contribution in [-0.4, -0.2) is 77.9 Å². The van der Waals surface area contributed by atoms with E-state index in [1.54, 1.807) is 29.2 Å². The van der Waals surface area contributed by atoms with Crippen molar-refractivity contribution in [1.82, 2.24) is 25.8 Å². The van der Waals surface area contributed by atoms with Crippen molar-refractivity contribution >= 4 is 23.8 Å². The highest BCUT2D eigenvalue weighted by atomic mass is 16.2. The van der Waals surface area contributed by atoms with E-state index in [4.69, 9.17) is 0 Å². The van der Waals surface area contributed by atoms with Gasteiger partial charge in [0.2, 0.25) is 11.8 Å². The van der Waals surface area contributed by atoms with Crippen LogP contribution < -0.4 is 16.0 Å². The fourth-order valence-corrected chi connectivity index (χ4v) is 4.88. The molecule has 1 aromatic rings. The van der Waals surface area contributed by atoms with Gasteiger partial charge < -0.3 is 25.8 Å². The first-order valence-electron chi connectivity index (χ1n) is 12.0. The highest BCUT2D eigenvalue weighted by Crippen LogP contribution is 2.19. The number of carbonyl (C=O) groups is 4. The molecule has 1 saturated carbocycles. The first kappa shape index (κ1) is 23.1. The van der Waals surface area contributed by atoms with Crippen molar-refractivity contribution in [2.45, 2.75) is 63.1 Å². The van der Waals surface area contributed by atoms with Crippen LogP contribution in [0.4, 0.5) is 4.79 Å². The van der Waals surface area contributed by atoms with Gasteiger partial charge in [-0.25, -0.2) is 4.79 Å². The van der Waals surface area contributed by atoms with E-state index >= 15 is 0 Å². The van der Waals surface area contributed by atoms with E-state index in [0.29, 0.717) is 25.1 Å². The van der Waals surface area contributed by atoms with Gasteiger partial charge >= 0.3 is 6.03 Å². The molecule has 3 N–H and O–H groups in total. The van der Waals surface area contributed by atoms with Crippen molar-refractivity contribution in [2.75, 3.05) is 26.2 Å². The zero-order chi connectivity index (χ0) is 23.2. The largest absolute Gasteiger partial charge is 0.354 e. The molecule has 33 heavy (non-hydrogen) atoms. The minimum atomic E-state index is -0.857. The van der Waals surface area contributed by atoms with Gasteiger partial charge in [0.25, 0.3) is 5.91 Å². The molecule has 3 aliphatic rings. The van der Waals surface area contributed by atoms with Crippen molar-refractivity contribution < 1.29 is 19.2 Å². The summed E-state index contributed by atoms with van der Waals surface area (Å²) in [6.45, 7) is 1.29. The van der Waals surface area contributed by atoms with E-state index in [2.05, 4.69) is 16.0 Å². The maximum atomic E-state index is 13.3. The van der Waals surface area contributed by atoms with Crippen molar-refractivity contribution in [2.24, 2.45) is 0 Å². The molecule has 3 fully saturated rings. The molecule has 1 aliphatic carbocycles. The van der Waals surface area contributed by atoms with Crippen LogP contribution in [0.5, 0.6) is 0 Å². The molecule has 178 valence electrons. The van der Waals surface area contributed by atoms with Crippen LogP contribution in [-0.2, 0) is 9.59 Å². The van der Waals surface area contributed by atoms with Crippen molar-refractivity contribution in [1.29, 1.82) is 0 Å². The molecule has 2 aliphatic heterocycles. The van der Waals surface area contributed by atoms with E-state index in [9.17, 15) is 19.2 Å². The number of nitrogens with one attached hydrogen (secondary N) is 3. The Bertz CT molecular complexity index is 871. The van der Waals surface area contributed by atoms with E-state index in [1.165, 1.54) is 11.3 Å². The summed E-state index contributed by atoms with van der Waals surface area (Å²) < 4.78 is 0. The predicted molar refractivity (Wildman–Crippen MR) is 122 cm³/mol. The molecular formula is C24H33N5O4. The van der Waals surface area contributed by atoms with Crippen LogP contribution in [0, 0.1) is 0 Å². The number of carbonyl (C=O) groups excluding carboxylic acids is 4. The van der Waals surface area contributed by atoms with Gasteiger partial charge in [-0.3, -0.25) is 14.4 Å². The highest BCUT2D eigenvalue weighted by Gasteiger charge is 2.39.